The second-order valence-corrected chi connectivity index (χ2v) is 8.86. The number of aliphatic hydroxyl groups is 1. The second kappa shape index (κ2) is 4.71. The number of aliphatic hydroxyl groups excluding tert-OH is 1. The van der Waals surface area contributed by atoms with Crippen molar-refractivity contribution in [2.75, 3.05) is 13.2 Å². The van der Waals surface area contributed by atoms with E-state index in [2.05, 4.69) is 39.8 Å². The molecule has 0 radical (unpaired) electrons. The Balaban J connectivity index is 1.83. The Morgan fingerprint density at radius 3 is 2.39 bits per heavy atom. The quantitative estimate of drug-likeness (QED) is 0.687. The van der Waals surface area contributed by atoms with Crippen molar-refractivity contribution in [2.24, 2.45) is 16.2 Å². The summed E-state index contributed by atoms with van der Waals surface area (Å²) in [6.45, 7) is 10.6. The molecule has 0 aromatic heterocycles. The number of allylic oxidation sites excluding steroid dienone is 2. The molecule has 1 N–H and O–H groups in total. The molecular weight excluding hydrogens is 288 g/mol. The predicted molar refractivity (Wildman–Crippen MR) is 89.9 cm³/mol. The minimum atomic E-state index is -0.458. The first-order valence-corrected chi connectivity index (χ1v) is 9.15. The molecule has 3 nitrogen and oxygen atoms in total. The van der Waals surface area contributed by atoms with Crippen LogP contribution < -0.4 is 0 Å². The summed E-state index contributed by atoms with van der Waals surface area (Å²) in [5.41, 5.74) is 2.70. The van der Waals surface area contributed by atoms with Crippen LogP contribution in [0.4, 0.5) is 0 Å². The van der Waals surface area contributed by atoms with Gasteiger partial charge in [-0.2, -0.15) is 0 Å². The Kier molecular flexibility index (Phi) is 3.25. The third kappa shape index (κ3) is 1.82. The zero-order chi connectivity index (χ0) is 16.5. The smallest absolute Gasteiger partial charge is 0.177 e. The largest absolute Gasteiger partial charge is 0.392 e. The van der Waals surface area contributed by atoms with Gasteiger partial charge in [0, 0.05) is 22.7 Å². The Bertz CT molecular complexity index is 582. The van der Waals surface area contributed by atoms with Crippen LogP contribution in [0.25, 0.3) is 0 Å². The molecule has 1 aliphatic heterocycles. The van der Waals surface area contributed by atoms with E-state index in [1.54, 1.807) is 0 Å². The first kappa shape index (κ1) is 15.9. The fraction of sp³-hybridized carbons (Fsp3) is 0.800. The van der Waals surface area contributed by atoms with Gasteiger partial charge in [-0.3, -0.25) is 0 Å². The fourth-order valence-corrected chi connectivity index (χ4v) is 6.01. The van der Waals surface area contributed by atoms with E-state index in [4.69, 9.17) is 9.47 Å². The van der Waals surface area contributed by atoms with Crippen LogP contribution in [-0.4, -0.2) is 30.2 Å². The van der Waals surface area contributed by atoms with Crippen molar-refractivity contribution in [3.05, 3.63) is 23.3 Å². The van der Waals surface area contributed by atoms with Crippen LogP contribution in [0, 0.1) is 16.2 Å². The van der Waals surface area contributed by atoms with E-state index in [-0.39, 0.29) is 22.3 Å². The van der Waals surface area contributed by atoms with Gasteiger partial charge in [0.1, 0.15) is 0 Å². The van der Waals surface area contributed by atoms with E-state index in [1.165, 1.54) is 11.1 Å². The van der Waals surface area contributed by atoms with Crippen molar-refractivity contribution in [3.8, 4) is 0 Å². The van der Waals surface area contributed by atoms with Crippen molar-refractivity contribution in [1.82, 2.24) is 0 Å². The molecule has 1 saturated heterocycles. The molecule has 0 aromatic rings. The average molecular weight is 318 g/mol. The van der Waals surface area contributed by atoms with Gasteiger partial charge in [-0.05, 0) is 25.7 Å². The molecule has 1 saturated carbocycles. The van der Waals surface area contributed by atoms with Crippen LogP contribution >= 0.6 is 0 Å². The van der Waals surface area contributed by atoms with Crippen LogP contribution in [0.2, 0.25) is 0 Å². The highest BCUT2D eigenvalue weighted by Gasteiger charge is 2.63. The predicted octanol–water partition coefficient (Wildman–Crippen LogP) is 3.97. The lowest BCUT2D eigenvalue weighted by molar-refractivity contribution is -0.238. The maximum Gasteiger partial charge on any atom is 0.177 e. The van der Waals surface area contributed by atoms with Crippen molar-refractivity contribution < 1.29 is 14.6 Å². The molecule has 23 heavy (non-hydrogen) atoms. The summed E-state index contributed by atoms with van der Waals surface area (Å²) in [7, 11) is 0. The molecule has 3 heteroatoms. The van der Waals surface area contributed by atoms with Gasteiger partial charge in [0.2, 0.25) is 0 Å². The Morgan fingerprint density at radius 2 is 1.70 bits per heavy atom. The van der Waals surface area contributed by atoms with E-state index < -0.39 is 5.79 Å². The molecular formula is C20H30O3. The minimum absolute atomic E-state index is 0.0262. The summed E-state index contributed by atoms with van der Waals surface area (Å²) in [5.74, 6) is -0.458. The maximum absolute atomic E-state index is 10.7. The van der Waals surface area contributed by atoms with Crippen LogP contribution in [-0.2, 0) is 9.47 Å². The maximum atomic E-state index is 10.7. The molecule has 1 spiro atoms. The molecule has 3 atom stereocenters. The SMILES string of the molecule is CC1(C)C2=CC[C@]3(C)C(=CCC[C@H]3O)[C@@]2(C)CCC12OCCO2. The van der Waals surface area contributed by atoms with Crippen LogP contribution in [0.5, 0.6) is 0 Å². The normalized spacial score (nSPS) is 44.3. The Morgan fingerprint density at radius 1 is 1.00 bits per heavy atom. The van der Waals surface area contributed by atoms with Gasteiger partial charge in [-0.15, -0.1) is 0 Å². The van der Waals surface area contributed by atoms with Gasteiger partial charge in [-0.1, -0.05) is 51.0 Å². The van der Waals surface area contributed by atoms with Gasteiger partial charge in [0.25, 0.3) is 0 Å². The number of fused-ring (bicyclic) bond motifs is 3. The first-order chi connectivity index (χ1) is 10.8. The van der Waals surface area contributed by atoms with Gasteiger partial charge in [0.15, 0.2) is 5.79 Å². The number of rotatable bonds is 0. The first-order valence-electron chi connectivity index (χ1n) is 9.15. The molecule has 0 aromatic carbocycles. The Labute approximate surface area is 139 Å². The van der Waals surface area contributed by atoms with Gasteiger partial charge >= 0.3 is 0 Å². The molecule has 4 rings (SSSR count). The summed E-state index contributed by atoms with van der Waals surface area (Å²) in [6, 6.07) is 0. The summed E-state index contributed by atoms with van der Waals surface area (Å²) in [4.78, 5) is 0. The second-order valence-electron chi connectivity index (χ2n) is 8.86. The van der Waals surface area contributed by atoms with Crippen LogP contribution in [0.3, 0.4) is 0 Å². The minimum Gasteiger partial charge on any atom is -0.392 e. The monoisotopic (exact) mass is 318 g/mol. The number of ether oxygens (including phenoxy) is 2. The molecule has 128 valence electrons. The summed E-state index contributed by atoms with van der Waals surface area (Å²) in [6.07, 6.45) is 9.36. The van der Waals surface area contributed by atoms with E-state index in [9.17, 15) is 5.11 Å². The molecule has 4 aliphatic rings. The summed E-state index contributed by atoms with van der Waals surface area (Å²) < 4.78 is 12.3. The lowest BCUT2D eigenvalue weighted by atomic mass is 9.47. The van der Waals surface area contributed by atoms with Crippen molar-refractivity contribution in [1.29, 1.82) is 0 Å². The third-order valence-corrected chi connectivity index (χ3v) is 7.39. The summed E-state index contributed by atoms with van der Waals surface area (Å²) in [5, 5.41) is 10.7. The van der Waals surface area contributed by atoms with Crippen LogP contribution in [0.15, 0.2) is 23.3 Å². The van der Waals surface area contributed by atoms with Crippen LogP contribution in [0.1, 0.15) is 59.8 Å². The van der Waals surface area contributed by atoms with E-state index in [1.807, 2.05) is 0 Å². The van der Waals surface area contributed by atoms with E-state index in [0.29, 0.717) is 13.2 Å². The highest BCUT2D eigenvalue weighted by molar-refractivity contribution is 5.45. The Hall–Kier alpha value is -0.640. The zero-order valence-corrected chi connectivity index (χ0v) is 14.9. The van der Waals surface area contributed by atoms with Crippen molar-refractivity contribution in [2.45, 2.75) is 71.7 Å². The fourth-order valence-electron chi connectivity index (χ4n) is 6.01. The standard InChI is InChI=1S/C20H30O3/c1-17(2)14-8-9-19(4)15(6-5-7-16(19)21)18(14,3)10-11-20(17)22-12-13-23-20/h6,8,16,21H,5,7,9-13H2,1-4H3/t16-,18+,19-/m1/s1. The molecule has 0 unspecified atom stereocenters. The van der Waals surface area contributed by atoms with Gasteiger partial charge < -0.3 is 14.6 Å². The zero-order valence-electron chi connectivity index (χ0n) is 14.9. The molecule has 0 bridgehead atoms. The van der Waals surface area contributed by atoms with Crippen molar-refractivity contribution in [3.63, 3.8) is 0 Å². The van der Waals surface area contributed by atoms with E-state index >= 15 is 0 Å². The number of hydrogen-bond acceptors (Lipinski definition) is 3. The molecule has 2 fully saturated rings. The summed E-state index contributed by atoms with van der Waals surface area (Å²) >= 11 is 0. The molecule has 3 aliphatic carbocycles. The highest BCUT2D eigenvalue weighted by atomic mass is 16.7. The van der Waals surface area contributed by atoms with Crippen molar-refractivity contribution >= 4 is 0 Å². The lowest BCUT2D eigenvalue weighted by Gasteiger charge is -2.60. The highest BCUT2D eigenvalue weighted by Crippen LogP contribution is 2.66. The number of hydrogen-bond donors (Lipinski definition) is 1. The lowest BCUT2D eigenvalue weighted by Crippen LogP contribution is -2.58. The molecule has 0 amide bonds. The average Bonchev–Trinajstić information content (AvgIpc) is 2.97. The van der Waals surface area contributed by atoms with Gasteiger partial charge in [-0.25, -0.2) is 0 Å². The van der Waals surface area contributed by atoms with Gasteiger partial charge in [0.05, 0.1) is 19.3 Å². The molecule has 1 heterocycles. The topological polar surface area (TPSA) is 38.7 Å². The third-order valence-electron chi connectivity index (χ3n) is 7.39. The van der Waals surface area contributed by atoms with E-state index in [0.717, 1.165) is 32.1 Å².